The summed E-state index contributed by atoms with van der Waals surface area (Å²) >= 11 is 1.69. The molecule has 19 heavy (non-hydrogen) atoms. The summed E-state index contributed by atoms with van der Waals surface area (Å²) in [5.41, 5.74) is 2.21. The summed E-state index contributed by atoms with van der Waals surface area (Å²) < 4.78 is 0. The minimum Gasteiger partial charge on any atom is -0.348 e. The van der Waals surface area contributed by atoms with Crippen molar-refractivity contribution < 1.29 is 0 Å². The third-order valence-corrected chi connectivity index (χ3v) is 4.41. The third-order valence-electron chi connectivity index (χ3n) is 3.51. The third kappa shape index (κ3) is 2.61. The SMILES string of the molecule is N#CC1CCN(c2nc(-c3ccccc3)cs2)CC1. The van der Waals surface area contributed by atoms with Crippen LogP contribution in [0.4, 0.5) is 5.13 Å². The minimum absolute atomic E-state index is 0.227. The van der Waals surface area contributed by atoms with Gasteiger partial charge in [0.2, 0.25) is 0 Å². The van der Waals surface area contributed by atoms with Crippen LogP contribution in [-0.4, -0.2) is 18.1 Å². The quantitative estimate of drug-likeness (QED) is 0.837. The maximum absolute atomic E-state index is 8.92. The lowest BCUT2D eigenvalue weighted by Crippen LogP contribution is -2.33. The average Bonchev–Trinajstić information content (AvgIpc) is 2.98. The molecular formula is C15H15N3S. The molecule has 1 aliphatic heterocycles. The summed E-state index contributed by atoms with van der Waals surface area (Å²) in [6, 6.07) is 12.6. The number of rotatable bonds is 2. The Bertz CT molecular complexity index is 577. The van der Waals surface area contributed by atoms with Gasteiger partial charge in [0.05, 0.1) is 11.8 Å². The van der Waals surface area contributed by atoms with E-state index < -0.39 is 0 Å². The van der Waals surface area contributed by atoms with Gasteiger partial charge in [-0.25, -0.2) is 4.98 Å². The summed E-state index contributed by atoms with van der Waals surface area (Å²) in [6.07, 6.45) is 1.91. The van der Waals surface area contributed by atoms with Crippen molar-refractivity contribution in [1.29, 1.82) is 5.26 Å². The molecule has 1 saturated heterocycles. The van der Waals surface area contributed by atoms with Gasteiger partial charge in [-0.15, -0.1) is 11.3 Å². The molecule has 0 aliphatic carbocycles. The zero-order valence-electron chi connectivity index (χ0n) is 10.6. The van der Waals surface area contributed by atoms with Gasteiger partial charge in [0.15, 0.2) is 5.13 Å². The minimum atomic E-state index is 0.227. The maximum atomic E-state index is 8.92. The largest absolute Gasteiger partial charge is 0.348 e. The first-order chi connectivity index (χ1) is 9.36. The summed E-state index contributed by atoms with van der Waals surface area (Å²) in [7, 11) is 0. The second kappa shape index (κ2) is 5.41. The molecule has 4 heteroatoms. The van der Waals surface area contributed by atoms with Crippen molar-refractivity contribution in [3.63, 3.8) is 0 Å². The van der Waals surface area contributed by atoms with Crippen LogP contribution in [0.15, 0.2) is 35.7 Å². The van der Waals surface area contributed by atoms with E-state index in [1.807, 2.05) is 18.2 Å². The van der Waals surface area contributed by atoms with Crippen LogP contribution in [0.3, 0.4) is 0 Å². The fourth-order valence-electron chi connectivity index (χ4n) is 2.35. The van der Waals surface area contributed by atoms with Gasteiger partial charge in [-0.05, 0) is 12.8 Å². The van der Waals surface area contributed by atoms with E-state index in [-0.39, 0.29) is 5.92 Å². The number of hydrogen-bond acceptors (Lipinski definition) is 4. The van der Waals surface area contributed by atoms with Gasteiger partial charge in [-0.2, -0.15) is 5.26 Å². The Labute approximate surface area is 117 Å². The second-order valence-corrected chi connectivity index (χ2v) is 5.61. The van der Waals surface area contributed by atoms with Gasteiger partial charge in [0.25, 0.3) is 0 Å². The first kappa shape index (κ1) is 12.2. The first-order valence-corrected chi connectivity index (χ1v) is 7.40. The van der Waals surface area contributed by atoms with Crippen LogP contribution >= 0.6 is 11.3 Å². The number of nitriles is 1. The monoisotopic (exact) mass is 269 g/mol. The predicted octanol–water partition coefficient (Wildman–Crippen LogP) is 3.55. The number of piperidine rings is 1. The molecule has 1 fully saturated rings. The van der Waals surface area contributed by atoms with E-state index in [2.05, 4.69) is 28.5 Å². The van der Waals surface area contributed by atoms with Crippen molar-refractivity contribution in [2.45, 2.75) is 12.8 Å². The van der Waals surface area contributed by atoms with Crippen molar-refractivity contribution in [3.8, 4) is 17.3 Å². The smallest absolute Gasteiger partial charge is 0.185 e. The van der Waals surface area contributed by atoms with Crippen molar-refractivity contribution in [2.75, 3.05) is 18.0 Å². The number of nitrogens with zero attached hydrogens (tertiary/aromatic N) is 3. The Morgan fingerprint density at radius 3 is 2.63 bits per heavy atom. The van der Waals surface area contributed by atoms with E-state index >= 15 is 0 Å². The van der Waals surface area contributed by atoms with Crippen LogP contribution in [0.2, 0.25) is 0 Å². The maximum Gasteiger partial charge on any atom is 0.185 e. The molecule has 0 unspecified atom stereocenters. The predicted molar refractivity (Wildman–Crippen MR) is 78.1 cm³/mol. The highest BCUT2D eigenvalue weighted by Crippen LogP contribution is 2.29. The molecule has 96 valence electrons. The van der Waals surface area contributed by atoms with Gasteiger partial charge in [0.1, 0.15) is 0 Å². The number of aromatic nitrogens is 1. The van der Waals surface area contributed by atoms with Crippen LogP contribution in [0, 0.1) is 17.2 Å². The lowest BCUT2D eigenvalue weighted by atomic mass is 9.99. The molecule has 3 nitrogen and oxygen atoms in total. The van der Waals surface area contributed by atoms with E-state index in [4.69, 9.17) is 10.2 Å². The summed E-state index contributed by atoms with van der Waals surface area (Å²) in [5, 5.41) is 12.1. The van der Waals surface area contributed by atoms with Gasteiger partial charge in [-0.3, -0.25) is 0 Å². The normalized spacial score (nSPS) is 16.3. The lowest BCUT2D eigenvalue weighted by Gasteiger charge is -2.28. The fraction of sp³-hybridized carbons (Fsp3) is 0.333. The van der Waals surface area contributed by atoms with Crippen LogP contribution in [0.5, 0.6) is 0 Å². The van der Waals surface area contributed by atoms with Crippen LogP contribution in [0.25, 0.3) is 11.3 Å². The highest BCUT2D eigenvalue weighted by Gasteiger charge is 2.20. The topological polar surface area (TPSA) is 39.9 Å². The molecule has 0 spiro atoms. The molecule has 0 radical (unpaired) electrons. The molecule has 0 bridgehead atoms. The van der Waals surface area contributed by atoms with Crippen LogP contribution < -0.4 is 4.90 Å². The van der Waals surface area contributed by atoms with E-state index in [0.29, 0.717) is 0 Å². The van der Waals surface area contributed by atoms with Crippen LogP contribution in [0.1, 0.15) is 12.8 Å². The molecule has 3 rings (SSSR count). The van der Waals surface area contributed by atoms with Crippen molar-refractivity contribution in [3.05, 3.63) is 35.7 Å². The molecular weight excluding hydrogens is 254 g/mol. The van der Waals surface area contributed by atoms with Gasteiger partial charge in [-0.1, -0.05) is 30.3 Å². The van der Waals surface area contributed by atoms with E-state index in [1.54, 1.807) is 11.3 Å². The number of thiazole rings is 1. The molecule has 1 aromatic carbocycles. The number of benzene rings is 1. The van der Waals surface area contributed by atoms with Gasteiger partial charge >= 0.3 is 0 Å². The highest BCUT2D eigenvalue weighted by atomic mass is 32.1. The van der Waals surface area contributed by atoms with Crippen molar-refractivity contribution >= 4 is 16.5 Å². The summed E-state index contributed by atoms with van der Waals surface area (Å²) in [6.45, 7) is 1.89. The van der Waals surface area contributed by atoms with E-state index in [9.17, 15) is 0 Å². The van der Waals surface area contributed by atoms with Crippen molar-refractivity contribution in [1.82, 2.24) is 4.98 Å². The zero-order chi connectivity index (χ0) is 13.1. The molecule has 1 aliphatic rings. The van der Waals surface area contributed by atoms with Gasteiger partial charge < -0.3 is 4.90 Å². The lowest BCUT2D eigenvalue weighted by molar-refractivity contribution is 0.487. The standard InChI is InChI=1S/C15H15N3S/c16-10-12-6-8-18(9-7-12)15-17-14(11-19-15)13-4-2-1-3-5-13/h1-5,11-12H,6-9H2. The molecule has 0 atom stereocenters. The Balaban J connectivity index is 1.74. The number of hydrogen-bond donors (Lipinski definition) is 0. The Morgan fingerprint density at radius 2 is 1.95 bits per heavy atom. The molecule has 0 saturated carbocycles. The second-order valence-electron chi connectivity index (χ2n) is 4.77. The van der Waals surface area contributed by atoms with E-state index in [0.717, 1.165) is 42.3 Å². The molecule has 1 aromatic heterocycles. The van der Waals surface area contributed by atoms with Crippen LogP contribution in [-0.2, 0) is 0 Å². The molecule has 2 heterocycles. The van der Waals surface area contributed by atoms with Gasteiger partial charge in [0, 0.05) is 30.0 Å². The zero-order valence-corrected chi connectivity index (χ0v) is 11.4. The fourth-order valence-corrected chi connectivity index (χ4v) is 3.24. The van der Waals surface area contributed by atoms with Crippen molar-refractivity contribution in [2.24, 2.45) is 5.92 Å². The molecule has 0 amide bonds. The Morgan fingerprint density at radius 1 is 1.21 bits per heavy atom. The molecule has 0 N–H and O–H groups in total. The highest BCUT2D eigenvalue weighted by molar-refractivity contribution is 7.14. The Hall–Kier alpha value is -1.86. The first-order valence-electron chi connectivity index (χ1n) is 6.52. The summed E-state index contributed by atoms with van der Waals surface area (Å²) in [4.78, 5) is 7.01. The molecule has 2 aromatic rings. The number of anilines is 1. The van der Waals surface area contributed by atoms with E-state index in [1.165, 1.54) is 0 Å². The summed E-state index contributed by atoms with van der Waals surface area (Å²) in [5.74, 6) is 0.227. The average molecular weight is 269 g/mol. The Kier molecular flexibility index (Phi) is 3.47.